The molecule has 0 saturated heterocycles. The number of aryl methyl sites for hydroxylation is 2. The number of ether oxygens (including phenoxy) is 1. The van der Waals surface area contributed by atoms with Crippen LogP contribution in [0.2, 0.25) is 0 Å². The predicted octanol–water partition coefficient (Wildman–Crippen LogP) is 3.74. The van der Waals surface area contributed by atoms with Crippen molar-refractivity contribution in [2.24, 2.45) is 0 Å². The van der Waals surface area contributed by atoms with Gasteiger partial charge >= 0.3 is 0 Å². The lowest BCUT2D eigenvalue weighted by atomic mass is 10.0. The quantitative estimate of drug-likeness (QED) is 0.896. The maximum Gasteiger partial charge on any atom is 0.165 e. The molecule has 0 aliphatic carbocycles. The van der Waals surface area contributed by atoms with E-state index in [1.807, 2.05) is 45.2 Å². The SMILES string of the molecule is CNCc1cccc(F)c1OCc1c(C)cccc1C. The van der Waals surface area contributed by atoms with Crippen LogP contribution in [0, 0.1) is 19.7 Å². The second-order valence-corrected chi connectivity index (χ2v) is 4.92. The Hall–Kier alpha value is -1.87. The van der Waals surface area contributed by atoms with Crippen molar-refractivity contribution in [1.29, 1.82) is 0 Å². The van der Waals surface area contributed by atoms with Crippen molar-refractivity contribution in [3.63, 3.8) is 0 Å². The fourth-order valence-corrected chi connectivity index (χ4v) is 2.27. The van der Waals surface area contributed by atoms with Gasteiger partial charge in [0, 0.05) is 12.1 Å². The second kappa shape index (κ2) is 6.53. The fraction of sp³-hybridized carbons (Fsp3) is 0.294. The van der Waals surface area contributed by atoms with Crippen LogP contribution < -0.4 is 10.1 Å². The Morgan fingerprint density at radius 2 is 1.70 bits per heavy atom. The lowest BCUT2D eigenvalue weighted by Crippen LogP contribution is -2.09. The highest BCUT2D eigenvalue weighted by Gasteiger charge is 2.11. The lowest BCUT2D eigenvalue weighted by Gasteiger charge is -2.15. The van der Waals surface area contributed by atoms with Crippen LogP contribution in [0.3, 0.4) is 0 Å². The zero-order chi connectivity index (χ0) is 14.5. The molecular formula is C17H20FNO. The number of halogens is 1. The van der Waals surface area contributed by atoms with Gasteiger partial charge in [0.2, 0.25) is 0 Å². The van der Waals surface area contributed by atoms with Crippen LogP contribution in [0.4, 0.5) is 4.39 Å². The predicted molar refractivity (Wildman–Crippen MR) is 79.4 cm³/mol. The molecule has 2 aromatic rings. The highest BCUT2D eigenvalue weighted by molar-refractivity contribution is 5.37. The number of nitrogens with one attached hydrogen (secondary N) is 1. The maximum absolute atomic E-state index is 13.9. The normalized spacial score (nSPS) is 10.6. The van der Waals surface area contributed by atoms with E-state index in [9.17, 15) is 4.39 Å². The van der Waals surface area contributed by atoms with Crippen molar-refractivity contribution in [1.82, 2.24) is 5.32 Å². The molecule has 0 bridgehead atoms. The Kier molecular flexibility index (Phi) is 4.74. The number of hydrogen-bond donors (Lipinski definition) is 1. The van der Waals surface area contributed by atoms with E-state index < -0.39 is 0 Å². The molecule has 0 heterocycles. The third-order valence-electron chi connectivity index (χ3n) is 3.42. The van der Waals surface area contributed by atoms with Crippen molar-refractivity contribution < 1.29 is 9.13 Å². The van der Waals surface area contributed by atoms with Crippen LogP contribution in [-0.2, 0) is 13.2 Å². The van der Waals surface area contributed by atoms with Crippen molar-refractivity contribution in [3.05, 3.63) is 64.5 Å². The molecule has 2 nitrogen and oxygen atoms in total. The molecule has 0 unspecified atom stereocenters. The van der Waals surface area contributed by atoms with E-state index in [2.05, 4.69) is 5.32 Å². The van der Waals surface area contributed by atoms with Gasteiger partial charge in [0.15, 0.2) is 11.6 Å². The van der Waals surface area contributed by atoms with E-state index >= 15 is 0 Å². The van der Waals surface area contributed by atoms with Gasteiger partial charge in [-0.05, 0) is 43.7 Å². The molecule has 1 N–H and O–H groups in total. The first kappa shape index (κ1) is 14.5. The highest BCUT2D eigenvalue weighted by atomic mass is 19.1. The molecule has 20 heavy (non-hydrogen) atoms. The van der Waals surface area contributed by atoms with Crippen molar-refractivity contribution >= 4 is 0 Å². The average Bonchev–Trinajstić information content (AvgIpc) is 2.41. The van der Waals surface area contributed by atoms with Gasteiger partial charge < -0.3 is 10.1 Å². The van der Waals surface area contributed by atoms with Crippen molar-refractivity contribution in [2.45, 2.75) is 27.0 Å². The van der Waals surface area contributed by atoms with E-state index in [0.717, 1.165) is 22.3 Å². The smallest absolute Gasteiger partial charge is 0.165 e. The molecule has 2 aromatic carbocycles. The maximum atomic E-state index is 13.9. The Labute approximate surface area is 119 Å². The van der Waals surface area contributed by atoms with Crippen LogP contribution in [0.5, 0.6) is 5.75 Å². The molecule has 3 heteroatoms. The lowest BCUT2D eigenvalue weighted by molar-refractivity contribution is 0.285. The molecule has 106 valence electrons. The summed E-state index contributed by atoms with van der Waals surface area (Å²) in [5.41, 5.74) is 4.28. The van der Waals surface area contributed by atoms with Crippen molar-refractivity contribution in [3.8, 4) is 5.75 Å². The van der Waals surface area contributed by atoms with Gasteiger partial charge in [0.05, 0.1) is 0 Å². The molecule has 0 aromatic heterocycles. The van der Waals surface area contributed by atoms with E-state index in [-0.39, 0.29) is 5.82 Å². The topological polar surface area (TPSA) is 21.3 Å². The molecule has 2 rings (SSSR count). The minimum Gasteiger partial charge on any atom is -0.485 e. The fourth-order valence-electron chi connectivity index (χ4n) is 2.27. The Bertz CT molecular complexity index is 575. The minimum atomic E-state index is -0.316. The van der Waals surface area contributed by atoms with Gasteiger partial charge in [-0.2, -0.15) is 0 Å². The molecule has 0 radical (unpaired) electrons. The third-order valence-corrected chi connectivity index (χ3v) is 3.42. The molecule has 0 aliphatic heterocycles. The highest BCUT2D eigenvalue weighted by Crippen LogP contribution is 2.25. The summed E-state index contributed by atoms with van der Waals surface area (Å²) in [7, 11) is 1.83. The standard InChI is InChI=1S/C17H20FNO/c1-12-6-4-7-13(2)15(12)11-20-17-14(10-19-3)8-5-9-16(17)18/h4-9,19H,10-11H2,1-3H3. The van der Waals surface area contributed by atoms with E-state index in [0.29, 0.717) is 18.9 Å². The molecule has 0 amide bonds. The summed E-state index contributed by atoms with van der Waals surface area (Å²) < 4.78 is 19.7. The van der Waals surface area contributed by atoms with E-state index in [1.165, 1.54) is 6.07 Å². The third kappa shape index (κ3) is 3.17. The average molecular weight is 273 g/mol. The van der Waals surface area contributed by atoms with Crippen molar-refractivity contribution in [2.75, 3.05) is 7.05 Å². The van der Waals surface area contributed by atoms with E-state index in [4.69, 9.17) is 4.74 Å². The minimum absolute atomic E-state index is 0.316. The van der Waals surface area contributed by atoms with Gasteiger partial charge in [-0.1, -0.05) is 30.3 Å². The first-order valence-corrected chi connectivity index (χ1v) is 6.73. The zero-order valence-electron chi connectivity index (χ0n) is 12.2. The molecule has 0 aliphatic rings. The second-order valence-electron chi connectivity index (χ2n) is 4.92. The summed E-state index contributed by atoms with van der Waals surface area (Å²) in [5, 5.41) is 3.03. The van der Waals surface area contributed by atoms with Crippen LogP contribution in [0.25, 0.3) is 0 Å². The summed E-state index contributed by atoms with van der Waals surface area (Å²) in [4.78, 5) is 0. The summed E-state index contributed by atoms with van der Waals surface area (Å²) in [6, 6.07) is 11.1. The Balaban J connectivity index is 2.23. The van der Waals surface area contributed by atoms with Gasteiger partial charge in [-0.3, -0.25) is 0 Å². The molecule has 0 saturated carbocycles. The summed E-state index contributed by atoms with van der Waals surface area (Å²) in [6.45, 7) is 5.05. The molecular weight excluding hydrogens is 253 g/mol. The number of rotatable bonds is 5. The van der Waals surface area contributed by atoms with Gasteiger partial charge in [-0.15, -0.1) is 0 Å². The van der Waals surface area contributed by atoms with Gasteiger partial charge in [0.1, 0.15) is 6.61 Å². The van der Waals surface area contributed by atoms with E-state index in [1.54, 1.807) is 6.07 Å². The number of hydrogen-bond acceptors (Lipinski definition) is 2. The molecule has 0 fully saturated rings. The summed E-state index contributed by atoms with van der Waals surface area (Å²) in [6.07, 6.45) is 0. The zero-order valence-corrected chi connectivity index (χ0v) is 12.2. The van der Waals surface area contributed by atoms with Crippen LogP contribution >= 0.6 is 0 Å². The summed E-state index contributed by atoms with van der Waals surface area (Å²) >= 11 is 0. The van der Waals surface area contributed by atoms with Crippen LogP contribution in [-0.4, -0.2) is 7.05 Å². The monoisotopic (exact) mass is 273 g/mol. The number of benzene rings is 2. The summed E-state index contributed by atoms with van der Waals surface area (Å²) in [5.74, 6) is 0.0218. The van der Waals surface area contributed by atoms with Crippen LogP contribution in [0.15, 0.2) is 36.4 Å². The van der Waals surface area contributed by atoms with Gasteiger partial charge in [0.25, 0.3) is 0 Å². The number of para-hydroxylation sites is 1. The Morgan fingerprint density at radius 1 is 1.05 bits per heavy atom. The molecule has 0 spiro atoms. The Morgan fingerprint density at radius 3 is 2.35 bits per heavy atom. The largest absolute Gasteiger partial charge is 0.485 e. The van der Waals surface area contributed by atoms with Gasteiger partial charge in [-0.25, -0.2) is 4.39 Å². The molecule has 0 atom stereocenters. The first-order valence-electron chi connectivity index (χ1n) is 6.73. The first-order chi connectivity index (χ1) is 9.63. The van der Waals surface area contributed by atoms with Crippen LogP contribution in [0.1, 0.15) is 22.3 Å².